The van der Waals surface area contributed by atoms with E-state index in [-0.39, 0.29) is 22.1 Å². The van der Waals surface area contributed by atoms with Crippen molar-refractivity contribution in [1.29, 1.82) is 0 Å². The van der Waals surface area contributed by atoms with E-state index in [0.29, 0.717) is 18.7 Å². The third-order valence-electron chi connectivity index (χ3n) is 5.26. The summed E-state index contributed by atoms with van der Waals surface area (Å²) >= 11 is 3.18. The number of carbonyl (C=O) groups is 1. The predicted molar refractivity (Wildman–Crippen MR) is 114 cm³/mol. The molecule has 0 saturated heterocycles. The lowest BCUT2D eigenvalue weighted by Crippen LogP contribution is -2.38. The van der Waals surface area contributed by atoms with Gasteiger partial charge in [-0.2, -0.15) is 4.31 Å². The maximum Gasteiger partial charge on any atom is 0.243 e. The van der Waals surface area contributed by atoms with Gasteiger partial charge in [-0.05, 0) is 42.5 Å². The van der Waals surface area contributed by atoms with Gasteiger partial charge in [0.25, 0.3) is 0 Å². The van der Waals surface area contributed by atoms with Gasteiger partial charge in [-0.3, -0.25) is 4.79 Å². The first-order valence-electron chi connectivity index (χ1n) is 9.58. The Morgan fingerprint density at radius 1 is 1.21 bits per heavy atom. The zero-order chi connectivity index (χ0) is 19.7. The van der Waals surface area contributed by atoms with Gasteiger partial charge in [0.05, 0.1) is 10.6 Å². The molecule has 1 amide bonds. The molecule has 2 aromatic rings. The molecular weight excluding hydrogens is 412 g/mol. The van der Waals surface area contributed by atoms with Crippen molar-refractivity contribution >= 4 is 44.7 Å². The molecular formula is C20H24N2O3S3. The first-order chi connectivity index (χ1) is 13.4. The molecule has 2 heterocycles. The van der Waals surface area contributed by atoms with E-state index in [4.69, 9.17) is 0 Å². The van der Waals surface area contributed by atoms with E-state index in [1.807, 2.05) is 30.5 Å². The van der Waals surface area contributed by atoms with Crippen LogP contribution in [0.1, 0.15) is 43.9 Å². The fourth-order valence-corrected chi connectivity index (χ4v) is 7.41. The minimum absolute atomic E-state index is 0.0369. The molecule has 0 radical (unpaired) electrons. The van der Waals surface area contributed by atoms with Gasteiger partial charge in [-0.15, -0.1) is 23.1 Å². The molecule has 1 atom stereocenters. The van der Waals surface area contributed by atoms with Crippen LogP contribution in [0.4, 0.5) is 5.69 Å². The minimum atomic E-state index is -3.66. The zero-order valence-corrected chi connectivity index (χ0v) is 18.2. The summed E-state index contributed by atoms with van der Waals surface area (Å²) in [7, 11) is -3.66. The van der Waals surface area contributed by atoms with Crippen LogP contribution in [-0.2, 0) is 21.4 Å². The lowest BCUT2D eigenvalue weighted by Gasteiger charge is -2.28. The fourth-order valence-electron chi connectivity index (χ4n) is 3.88. The SMILES string of the molecule is C[C@H]1CC(=O)Nc2cc(S(=O)(=O)N(Cc3cccs3)C3CCCC3)ccc2S1. The van der Waals surface area contributed by atoms with Crippen molar-refractivity contribution in [3.63, 3.8) is 0 Å². The summed E-state index contributed by atoms with van der Waals surface area (Å²) in [5.74, 6) is -0.0699. The van der Waals surface area contributed by atoms with Crippen LogP contribution < -0.4 is 5.32 Å². The summed E-state index contributed by atoms with van der Waals surface area (Å²) in [6.07, 6.45) is 4.36. The van der Waals surface area contributed by atoms with Crippen LogP contribution in [-0.4, -0.2) is 29.9 Å². The molecule has 28 heavy (non-hydrogen) atoms. The molecule has 0 unspecified atom stereocenters. The molecule has 1 fully saturated rings. The van der Waals surface area contributed by atoms with Gasteiger partial charge < -0.3 is 5.32 Å². The minimum Gasteiger partial charge on any atom is -0.325 e. The molecule has 1 aliphatic heterocycles. The van der Waals surface area contributed by atoms with E-state index in [0.717, 1.165) is 35.5 Å². The van der Waals surface area contributed by atoms with E-state index in [2.05, 4.69) is 5.32 Å². The third-order valence-corrected chi connectivity index (χ3v) is 9.19. The largest absolute Gasteiger partial charge is 0.325 e. The number of thiophene rings is 1. The molecule has 1 saturated carbocycles. The quantitative estimate of drug-likeness (QED) is 0.737. The second kappa shape index (κ2) is 8.18. The van der Waals surface area contributed by atoms with Crippen molar-refractivity contribution in [2.75, 3.05) is 5.32 Å². The number of hydrogen-bond donors (Lipinski definition) is 1. The maximum atomic E-state index is 13.6. The highest BCUT2D eigenvalue weighted by atomic mass is 32.2. The molecule has 4 rings (SSSR count). The van der Waals surface area contributed by atoms with Crippen LogP contribution in [0.25, 0.3) is 0 Å². The van der Waals surface area contributed by atoms with Gasteiger partial charge >= 0.3 is 0 Å². The predicted octanol–water partition coefficient (Wildman–Crippen LogP) is 4.70. The summed E-state index contributed by atoms with van der Waals surface area (Å²) in [6, 6.07) is 9.11. The van der Waals surface area contributed by atoms with E-state index >= 15 is 0 Å². The Morgan fingerprint density at radius 3 is 2.71 bits per heavy atom. The van der Waals surface area contributed by atoms with Gasteiger partial charge in [0.15, 0.2) is 0 Å². The van der Waals surface area contributed by atoms with Gasteiger partial charge in [0.2, 0.25) is 15.9 Å². The van der Waals surface area contributed by atoms with Crippen LogP contribution in [0.5, 0.6) is 0 Å². The Balaban J connectivity index is 1.69. The van der Waals surface area contributed by atoms with E-state index in [9.17, 15) is 13.2 Å². The van der Waals surface area contributed by atoms with Crippen LogP contribution in [0, 0.1) is 0 Å². The van der Waals surface area contributed by atoms with E-state index < -0.39 is 10.0 Å². The number of amides is 1. The molecule has 1 N–H and O–H groups in total. The van der Waals surface area contributed by atoms with Crippen LogP contribution in [0.3, 0.4) is 0 Å². The number of sulfonamides is 1. The molecule has 0 bridgehead atoms. The molecule has 150 valence electrons. The summed E-state index contributed by atoms with van der Waals surface area (Å²) < 4.78 is 28.8. The zero-order valence-electron chi connectivity index (χ0n) is 15.8. The Morgan fingerprint density at radius 2 is 2.00 bits per heavy atom. The molecule has 2 aliphatic rings. The Bertz CT molecular complexity index is 951. The van der Waals surface area contributed by atoms with Gasteiger partial charge in [0.1, 0.15) is 0 Å². The Labute approximate surface area is 174 Å². The van der Waals surface area contributed by atoms with Gasteiger partial charge in [0, 0.05) is 34.0 Å². The first kappa shape index (κ1) is 19.9. The number of fused-ring (bicyclic) bond motifs is 1. The average Bonchev–Trinajstić information content (AvgIpc) is 3.31. The molecule has 8 heteroatoms. The van der Waals surface area contributed by atoms with Crippen LogP contribution in [0.15, 0.2) is 45.5 Å². The monoisotopic (exact) mass is 436 g/mol. The first-order valence-corrected chi connectivity index (χ1v) is 12.8. The highest BCUT2D eigenvalue weighted by molar-refractivity contribution is 8.00. The summed E-state index contributed by atoms with van der Waals surface area (Å²) in [5.41, 5.74) is 0.600. The van der Waals surface area contributed by atoms with Gasteiger partial charge in [-0.25, -0.2) is 8.42 Å². The average molecular weight is 437 g/mol. The van der Waals surface area contributed by atoms with Crippen LogP contribution in [0.2, 0.25) is 0 Å². The van der Waals surface area contributed by atoms with E-state index in [1.54, 1.807) is 39.5 Å². The number of benzene rings is 1. The Hall–Kier alpha value is -1.35. The second-order valence-corrected chi connectivity index (χ2v) is 11.8. The molecule has 1 aromatic heterocycles. The molecule has 1 aliphatic carbocycles. The number of thioether (sulfide) groups is 1. The molecule has 5 nitrogen and oxygen atoms in total. The summed E-state index contributed by atoms with van der Waals surface area (Å²) in [5, 5.41) is 5.02. The number of carbonyl (C=O) groups excluding carboxylic acids is 1. The lowest BCUT2D eigenvalue weighted by atomic mass is 10.2. The van der Waals surface area contributed by atoms with Crippen LogP contribution >= 0.6 is 23.1 Å². The summed E-state index contributed by atoms with van der Waals surface area (Å²) in [6.45, 7) is 2.41. The highest BCUT2D eigenvalue weighted by Gasteiger charge is 2.34. The fraction of sp³-hybridized carbons (Fsp3) is 0.450. The Kier molecular flexibility index (Phi) is 5.83. The standard InChI is InChI=1S/C20H24N2O3S3/c1-14-11-20(23)21-18-12-17(8-9-19(18)27-14)28(24,25)22(15-5-2-3-6-15)13-16-7-4-10-26-16/h4,7-10,12,14-15H,2-3,5-6,11,13H2,1H3,(H,21,23)/t14-/m0/s1. The highest BCUT2D eigenvalue weighted by Crippen LogP contribution is 2.38. The lowest BCUT2D eigenvalue weighted by molar-refractivity contribution is -0.116. The topological polar surface area (TPSA) is 66.5 Å². The summed E-state index contributed by atoms with van der Waals surface area (Å²) in [4.78, 5) is 14.3. The molecule has 1 aromatic carbocycles. The van der Waals surface area contributed by atoms with Crippen molar-refractivity contribution in [3.05, 3.63) is 40.6 Å². The van der Waals surface area contributed by atoms with E-state index in [1.165, 1.54) is 0 Å². The van der Waals surface area contributed by atoms with Crippen molar-refractivity contribution in [1.82, 2.24) is 4.31 Å². The van der Waals surface area contributed by atoms with Crippen molar-refractivity contribution in [2.45, 2.75) is 66.7 Å². The number of rotatable bonds is 5. The smallest absolute Gasteiger partial charge is 0.243 e. The van der Waals surface area contributed by atoms with Gasteiger partial charge in [-0.1, -0.05) is 25.8 Å². The number of hydrogen-bond acceptors (Lipinski definition) is 5. The second-order valence-electron chi connectivity index (χ2n) is 7.41. The third kappa shape index (κ3) is 4.15. The molecule has 0 spiro atoms. The van der Waals surface area contributed by atoms with Crippen molar-refractivity contribution < 1.29 is 13.2 Å². The van der Waals surface area contributed by atoms with Crippen molar-refractivity contribution in [2.24, 2.45) is 0 Å². The number of nitrogens with zero attached hydrogens (tertiary/aromatic N) is 1. The number of nitrogens with one attached hydrogen (secondary N) is 1. The normalized spacial score (nSPS) is 20.8. The number of anilines is 1. The van der Waals surface area contributed by atoms with Crippen molar-refractivity contribution in [3.8, 4) is 0 Å². The maximum absolute atomic E-state index is 13.6.